The van der Waals surface area contributed by atoms with Crippen molar-refractivity contribution in [3.8, 4) is 16.9 Å². The second-order valence-corrected chi connectivity index (χ2v) is 6.25. The first-order valence-electron chi connectivity index (χ1n) is 9.23. The van der Waals surface area contributed by atoms with Crippen molar-refractivity contribution >= 4 is 5.57 Å². The predicted molar refractivity (Wildman–Crippen MR) is 105 cm³/mol. The summed E-state index contributed by atoms with van der Waals surface area (Å²) in [6.45, 7) is 4.51. The van der Waals surface area contributed by atoms with Crippen molar-refractivity contribution in [2.45, 2.75) is 52.4 Å². The Morgan fingerprint density at radius 1 is 0.958 bits per heavy atom. The summed E-state index contributed by atoms with van der Waals surface area (Å²) in [6.07, 6.45) is 9.72. The molecule has 0 spiro atoms. The van der Waals surface area contributed by atoms with Gasteiger partial charge in [0.2, 0.25) is 0 Å². The average molecular weight is 322 g/mol. The summed E-state index contributed by atoms with van der Waals surface area (Å²) in [5.41, 5.74) is 5.36. The standard InChI is InChI=1S/C23H30O/c1-4-6-9-13-19(12-7-5-2)22-17-16-21(24-3)18-23(22)20-14-10-8-11-15-20/h8,10-11,13-18H,4-7,9,12H2,1-3H3/b19-13+. The number of hydrogen-bond donors (Lipinski definition) is 0. The van der Waals surface area contributed by atoms with Crippen LogP contribution in [-0.4, -0.2) is 7.11 Å². The van der Waals surface area contributed by atoms with Crippen molar-refractivity contribution < 1.29 is 4.74 Å². The Morgan fingerprint density at radius 2 is 1.71 bits per heavy atom. The van der Waals surface area contributed by atoms with E-state index >= 15 is 0 Å². The zero-order chi connectivity index (χ0) is 17.2. The molecular weight excluding hydrogens is 292 g/mol. The second-order valence-electron chi connectivity index (χ2n) is 6.25. The van der Waals surface area contributed by atoms with Crippen LogP contribution in [0.5, 0.6) is 5.75 Å². The zero-order valence-electron chi connectivity index (χ0n) is 15.3. The van der Waals surface area contributed by atoms with Crippen LogP contribution >= 0.6 is 0 Å². The van der Waals surface area contributed by atoms with Crippen LogP contribution in [0.2, 0.25) is 0 Å². The number of benzene rings is 2. The highest BCUT2D eigenvalue weighted by Gasteiger charge is 2.11. The van der Waals surface area contributed by atoms with E-state index in [1.807, 2.05) is 0 Å². The lowest BCUT2D eigenvalue weighted by Crippen LogP contribution is -1.93. The molecule has 0 N–H and O–H groups in total. The van der Waals surface area contributed by atoms with Crippen molar-refractivity contribution in [2.24, 2.45) is 0 Å². The van der Waals surface area contributed by atoms with Gasteiger partial charge in [-0.1, -0.05) is 75.6 Å². The first-order valence-corrected chi connectivity index (χ1v) is 9.23. The minimum absolute atomic E-state index is 0.918. The van der Waals surface area contributed by atoms with Crippen molar-refractivity contribution in [2.75, 3.05) is 7.11 Å². The number of methoxy groups -OCH3 is 1. The predicted octanol–water partition coefficient (Wildman–Crippen LogP) is 7.13. The first kappa shape index (κ1) is 18.3. The largest absolute Gasteiger partial charge is 0.497 e. The molecule has 128 valence electrons. The topological polar surface area (TPSA) is 9.23 Å². The molecule has 0 amide bonds. The molecule has 0 fully saturated rings. The molecule has 0 bridgehead atoms. The molecule has 0 unspecified atom stereocenters. The Kier molecular flexibility index (Phi) is 7.61. The first-order chi connectivity index (χ1) is 11.8. The maximum absolute atomic E-state index is 5.47. The molecule has 24 heavy (non-hydrogen) atoms. The van der Waals surface area contributed by atoms with Gasteiger partial charge >= 0.3 is 0 Å². The summed E-state index contributed by atoms with van der Waals surface area (Å²) in [7, 11) is 1.73. The third kappa shape index (κ3) is 4.99. The Morgan fingerprint density at radius 3 is 2.38 bits per heavy atom. The molecule has 0 aromatic heterocycles. The highest BCUT2D eigenvalue weighted by atomic mass is 16.5. The van der Waals surface area contributed by atoms with Gasteiger partial charge in [0.05, 0.1) is 7.11 Å². The fourth-order valence-corrected chi connectivity index (χ4v) is 2.98. The Hall–Kier alpha value is -2.02. The summed E-state index contributed by atoms with van der Waals surface area (Å²) < 4.78 is 5.47. The van der Waals surface area contributed by atoms with E-state index in [2.05, 4.69) is 68.5 Å². The van der Waals surface area contributed by atoms with E-state index < -0.39 is 0 Å². The Bertz CT molecular complexity index is 640. The van der Waals surface area contributed by atoms with Crippen LogP contribution in [0, 0.1) is 0 Å². The molecule has 0 heterocycles. The highest BCUT2D eigenvalue weighted by Crippen LogP contribution is 2.34. The van der Waals surface area contributed by atoms with Crippen LogP contribution in [0.4, 0.5) is 0 Å². The molecule has 0 saturated heterocycles. The molecular formula is C23H30O. The number of hydrogen-bond acceptors (Lipinski definition) is 1. The SMILES string of the molecule is CCCC/C=C(\CCCC)c1ccc(OC)cc1-c1ccccc1. The van der Waals surface area contributed by atoms with E-state index in [1.165, 1.54) is 47.9 Å². The Balaban J connectivity index is 2.46. The molecule has 0 atom stereocenters. The number of rotatable bonds is 9. The van der Waals surface area contributed by atoms with Crippen molar-refractivity contribution in [3.05, 3.63) is 60.2 Å². The van der Waals surface area contributed by atoms with Gasteiger partial charge in [0, 0.05) is 0 Å². The lowest BCUT2D eigenvalue weighted by molar-refractivity contribution is 0.415. The van der Waals surface area contributed by atoms with Gasteiger partial charge in [0.1, 0.15) is 5.75 Å². The average Bonchev–Trinajstić information content (AvgIpc) is 2.65. The van der Waals surface area contributed by atoms with Gasteiger partial charge in [0.25, 0.3) is 0 Å². The molecule has 0 aliphatic rings. The molecule has 2 rings (SSSR count). The maximum atomic E-state index is 5.47. The third-order valence-electron chi connectivity index (χ3n) is 4.41. The second kappa shape index (κ2) is 9.97. The normalized spacial score (nSPS) is 11.5. The highest BCUT2D eigenvalue weighted by molar-refractivity contribution is 5.82. The van der Waals surface area contributed by atoms with Gasteiger partial charge in [-0.15, -0.1) is 0 Å². The quantitative estimate of drug-likeness (QED) is 0.446. The molecule has 0 saturated carbocycles. The molecule has 0 radical (unpaired) electrons. The number of ether oxygens (including phenoxy) is 1. The van der Waals surface area contributed by atoms with Gasteiger partial charge in [-0.05, 0) is 53.7 Å². The van der Waals surface area contributed by atoms with Crippen molar-refractivity contribution in [1.82, 2.24) is 0 Å². The van der Waals surface area contributed by atoms with E-state index in [0.29, 0.717) is 0 Å². The zero-order valence-corrected chi connectivity index (χ0v) is 15.3. The lowest BCUT2D eigenvalue weighted by atomic mass is 9.91. The van der Waals surface area contributed by atoms with Gasteiger partial charge in [-0.2, -0.15) is 0 Å². The van der Waals surface area contributed by atoms with Crippen LogP contribution in [0.1, 0.15) is 57.9 Å². The van der Waals surface area contributed by atoms with Crippen LogP contribution in [0.3, 0.4) is 0 Å². The molecule has 2 aromatic rings. The van der Waals surface area contributed by atoms with E-state index in [4.69, 9.17) is 4.74 Å². The summed E-state index contributed by atoms with van der Waals surface area (Å²) in [5.74, 6) is 0.918. The molecule has 1 heteroatoms. The van der Waals surface area contributed by atoms with Crippen LogP contribution in [0.25, 0.3) is 16.7 Å². The van der Waals surface area contributed by atoms with E-state index in [1.54, 1.807) is 7.11 Å². The molecule has 0 aliphatic carbocycles. The monoisotopic (exact) mass is 322 g/mol. The lowest BCUT2D eigenvalue weighted by Gasteiger charge is -2.15. The summed E-state index contributed by atoms with van der Waals surface area (Å²) in [5, 5.41) is 0. The summed E-state index contributed by atoms with van der Waals surface area (Å²) in [4.78, 5) is 0. The molecule has 0 aliphatic heterocycles. The van der Waals surface area contributed by atoms with E-state index in [-0.39, 0.29) is 0 Å². The van der Waals surface area contributed by atoms with Gasteiger partial charge in [-0.3, -0.25) is 0 Å². The van der Waals surface area contributed by atoms with Gasteiger partial charge < -0.3 is 4.74 Å². The minimum atomic E-state index is 0.918. The third-order valence-corrected chi connectivity index (χ3v) is 4.41. The summed E-state index contributed by atoms with van der Waals surface area (Å²) in [6, 6.07) is 17.1. The minimum Gasteiger partial charge on any atom is -0.497 e. The fourth-order valence-electron chi connectivity index (χ4n) is 2.98. The van der Waals surface area contributed by atoms with Crippen LogP contribution in [0.15, 0.2) is 54.6 Å². The summed E-state index contributed by atoms with van der Waals surface area (Å²) >= 11 is 0. The van der Waals surface area contributed by atoms with Gasteiger partial charge in [-0.25, -0.2) is 0 Å². The number of allylic oxidation sites excluding steroid dienone is 2. The fraction of sp³-hybridized carbons (Fsp3) is 0.391. The smallest absolute Gasteiger partial charge is 0.119 e. The van der Waals surface area contributed by atoms with Crippen LogP contribution < -0.4 is 4.74 Å². The van der Waals surface area contributed by atoms with Gasteiger partial charge in [0.15, 0.2) is 0 Å². The van der Waals surface area contributed by atoms with Crippen molar-refractivity contribution in [3.63, 3.8) is 0 Å². The van der Waals surface area contributed by atoms with Crippen LogP contribution in [-0.2, 0) is 0 Å². The molecule has 2 aromatic carbocycles. The van der Waals surface area contributed by atoms with E-state index in [9.17, 15) is 0 Å². The van der Waals surface area contributed by atoms with Crippen molar-refractivity contribution in [1.29, 1.82) is 0 Å². The maximum Gasteiger partial charge on any atom is 0.119 e. The molecule has 1 nitrogen and oxygen atoms in total. The number of unbranched alkanes of at least 4 members (excludes halogenated alkanes) is 3. The Labute approximate surface area is 147 Å². The van der Waals surface area contributed by atoms with E-state index in [0.717, 1.165) is 18.6 Å².